The fraction of sp³-hybridized carbons (Fsp3) is 0.409. The molecule has 1 heterocycles. The van der Waals surface area contributed by atoms with E-state index in [1.54, 1.807) is 31.4 Å². The number of amides is 1. The van der Waals surface area contributed by atoms with E-state index in [1.165, 1.54) is 0 Å². The van der Waals surface area contributed by atoms with Gasteiger partial charge in [0.1, 0.15) is 24.2 Å². The molecule has 29 heavy (non-hydrogen) atoms. The van der Waals surface area contributed by atoms with Crippen molar-refractivity contribution in [1.29, 1.82) is 0 Å². The molecule has 6 nitrogen and oxygen atoms in total. The number of para-hydroxylation sites is 2. The first-order valence-corrected chi connectivity index (χ1v) is 10.2. The number of carbonyl (C=O) groups excluding carboxylic acids is 1. The molecule has 1 aliphatic heterocycles. The Morgan fingerprint density at radius 1 is 1.21 bits per heavy atom. The summed E-state index contributed by atoms with van der Waals surface area (Å²) in [6, 6.07) is 14.5. The Kier molecular flexibility index (Phi) is 7.75. The molecule has 1 saturated heterocycles. The summed E-state index contributed by atoms with van der Waals surface area (Å²) in [7, 11) is 1.59. The fourth-order valence-electron chi connectivity index (χ4n) is 3.43. The number of anilines is 1. The third-order valence-corrected chi connectivity index (χ3v) is 5.30. The number of aliphatic hydroxyl groups excluding tert-OH is 1. The van der Waals surface area contributed by atoms with Crippen LogP contribution in [-0.4, -0.2) is 55.4 Å². The van der Waals surface area contributed by atoms with Gasteiger partial charge in [-0.25, -0.2) is 0 Å². The monoisotopic (exact) mass is 418 g/mol. The molecule has 1 amide bonds. The van der Waals surface area contributed by atoms with Crippen molar-refractivity contribution in [3.8, 4) is 11.5 Å². The standard InChI is InChI=1S/C22H27ClN2O4/c1-28-21-5-3-2-4-20(21)24-22(27)16-10-12-25(13-11-16)14-18(26)15-29-19-8-6-17(23)7-9-19/h2-9,16,18,26H,10-15H2,1H3,(H,24,27). The van der Waals surface area contributed by atoms with Crippen LogP contribution in [0, 0.1) is 5.92 Å². The number of hydrogen-bond acceptors (Lipinski definition) is 5. The molecule has 1 unspecified atom stereocenters. The number of nitrogens with one attached hydrogen (secondary N) is 1. The van der Waals surface area contributed by atoms with Gasteiger partial charge in [0.15, 0.2) is 0 Å². The average molecular weight is 419 g/mol. The Hall–Kier alpha value is -2.28. The van der Waals surface area contributed by atoms with E-state index in [2.05, 4.69) is 10.2 Å². The summed E-state index contributed by atoms with van der Waals surface area (Å²) < 4.78 is 10.9. The van der Waals surface area contributed by atoms with Gasteiger partial charge in [0.05, 0.1) is 12.8 Å². The van der Waals surface area contributed by atoms with Crippen LogP contribution in [0.15, 0.2) is 48.5 Å². The van der Waals surface area contributed by atoms with Crippen LogP contribution < -0.4 is 14.8 Å². The van der Waals surface area contributed by atoms with Crippen LogP contribution in [0.4, 0.5) is 5.69 Å². The number of likely N-dealkylation sites (tertiary alicyclic amines) is 1. The summed E-state index contributed by atoms with van der Waals surface area (Å²) in [5, 5.41) is 13.9. The van der Waals surface area contributed by atoms with E-state index in [1.807, 2.05) is 24.3 Å². The lowest BCUT2D eigenvalue weighted by molar-refractivity contribution is -0.121. The molecule has 0 aromatic heterocycles. The lowest BCUT2D eigenvalue weighted by atomic mass is 9.95. The maximum Gasteiger partial charge on any atom is 0.227 e. The fourth-order valence-corrected chi connectivity index (χ4v) is 3.56. The van der Waals surface area contributed by atoms with Crippen LogP contribution in [0.5, 0.6) is 11.5 Å². The molecule has 1 aliphatic rings. The number of ether oxygens (including phenoxy) is 2. The van der Waals surface area contributed by atoms with Crippen molar-refractivity contribution in [2.75, 3.05) is 38.7 Å². The molecule has 0 spiro atoms. The summed E-state index contributed by atoms with van der Waals surface area (Å²) in [5.74, 6) is 1.31. The maximum atomic E-state index is 12.6. The highest BCUT2D eigenvalue weighted by Crippen LogP contribution is 2.26. The number of carbonyl (C=O) groups is 1. The van der Waals surface area contributed by atoms with Gasteiger partial charge in [-0.2, -0.15) is 0 Å². The maximum absolute atomic E-state index is 12.6. The Balaban J connectivity index is 1.40. The molecule has 0 radical (unpaired) electrons. The number of nitrogens with zero attached hydrogens (tertiary/aromatic N) is 1. The predicted molar refractivity (Wildman–Crippen MR) is 114 cm³/mol. The predicted octanol–water partition coefficient (Wildman–Crippen LogP) is 3.44. The zero-order valence-electron chi connectivity index (χ0n) is 16.5. The second-order valence-electron chi connectivity index (χ2n) is 7.18. The molecular formula is C22H27ClN2O4. The van der Waals surface area contributed by atoms with E-state index in [0.29, 0.717) is 28.8 Å². The number of piperidine rings is 1. The first-order chi connectivity index (χ1) is 14.0. The molecular weight excluding hydrogens is 392 g/mol. The number of halogens is 1. The normalized spacial score (nSPS) is 16.2. The van der Waals surface area contributed by atoms with Gasteiger partial charge in [-0.3, -0.25) is 4.79 Å². The second kappa shape index (κ2) is 10.5. The molecule has 1 fully saturated rings. The van der Waals surface area contributed by atoms with Gasteiger partial charge in [0.2, 0.25) is 5.91 Å². The molecule has 1 atom stereocenters. The van der Waals surface area contributed by atoms with E-state index >= 15 is 0 Å². The Morgan fingerprint density at radius 3 is 2.59 bits per heavy atom. The Bertz CT molecular complexity index is 792. The highest BCUT2D eigenvalue weighted by atomic mass is 35.5. The summed E-state index contributed by atoms with van der Waals surface area (Å²) >= 11 is 5.85. The van der Waals surface area contributed by atoms with Crippen molar-refractivity contribution in [2.24, 2.45) is 5.92 Å². The van der Waals surface area contributed by atoms with Crippen LogP contribution in [0.3, 0.4) is 0 Å². The van der Waals surface area contributed by atoms with Crippen LogP contribution in [-0.2, 0) is 4.79 Å². The SMILES string of the molecule is COc1ccccc1NC(=O)C1CCN(CC(O)COc2ccc(Cl)cc2)CC1. The largest absolute Gasteiger partial charge is 0.495 e. The molecule has 3 rings (SSSR count). The van der Waals surface area contributed by atoms with Gasteiger partial charge >= 0.3 is 0 Å². The number of benzene rings is 2. The Morgan fingerprint density at radius 2 is 1.90 bits per heavy atom. The van der Waals surface area contributed by atoms with Gasteiger partial charge in [0.25, 0.3) is 0 Å². The number of rotatable bonds is 8. The minimum Gasteiger partial charge on any atom is -0.495 e. The van der Waals surface area contributed by atoms with Gasteiger partial charge in [-0.05, 0) is 62.3 Å². The lowest BCUT2D eigenvalue weighted by Gasteiger charge is -2.32. The molecule has 156 valence electrons. The summed E-state index contributed by atoms with van der Waals surface area (Å²) in [5.41, 5.74) is 0.692. The number of hydrogen-bond donors (Lipinski definition) is 2. The van der Waals surface area contributed by atoms with Gasteiger partial charge < -0.3 is 24.8 Å². The third kappa shape index (κ3) is 6.35. The van der Waals surface area contributed by atoms with E-state index in [-0.39, 0.29) is 18.4 Å². The smallest absolute Gasteiger partial charge is 0.227 e. The number of aliphatic hydroxyl groups is 1. The third-order valence-electron chi connectivity index (χ3n) is 5.05. The summed E-state index contributed by atoms with van der Waals surface area (Å²) in [6.45, 7) is 2.27. The Labute approximate surface area is 176 Å². The van der Waals surface area contributed by atoms with Crippen molar-refractivity contribution in [2.45, 2.75) is 18.9 Å². The van der Waals surface area contributed by atoms with Crippen molar-refractivity contribution in [3.05, 3.63) is 53.6 Å². The van der Waals surface area contributed by atoms with E-state index in [4.69, 9.17) is 21.1 Å². The van der Waals surface area contributed by atoms with Crippen LogP contribution in [0.2, 0.25) is 5.02 Å². The van der Waals surface area contributed by atoms with E-state index < -0.39 is 6.10 Å². The molecule has 0 bridgehead atoms. The van der Waals surface area contributed by atoms with E-state index in [0.717, 1.165) is 25.9 Å². The zero-order chi connectivity index (χ0) is 20.6. The number of methoxy groups -OCH3 is 1. The molecule has 7 heteroatoms. The van der Waals surface area contributed by atoms with Gasteiger partial charge in [-0.1, -0.05) is 23.7 Å². The van der Waals surface area contributed by atoms with Gasteiger partial charge in [0, 0.05) is 17.5 Å². The number of β-amino-alcohol motifs (C(OH)–C–C–N with tert-alkyl or cyclic N) is 1. The highest BCUT2D eigenvalue weighted by Gasteiger charge is 2.26. The van der Waals surface area contributed by atoms with Crippen molar-refractivity contribution >= 4 is 23.2 Å². The molecule has 2 N–H and O–H groups in total. The lowest BCUT2D eigenvalue weighted by Crippen LogP contribution is -2.42. The summed E-state index contributed by atoms with van der Waals surface area (Å²) in [6.07, 6.45) is 0.918. The quantitative estimate of drug-likeness (QED) is 0.687. The molecule has 0 aliphatic carbocycles. The van der Waals surface area contributed by atoms with Crippen LogP contribution >= 0.6 is 11.6 Å². The molecule has 2 aromatic rings. The van der Waals surface area contributed by atoms with Crippen molar-refractivity contribution in [1.82, 2.24) is 4.90 Å². The summed E-state index contributed by atoms with van der Waals surface area (Å²) in [4.78, 5) is 14.8. The second-order valence-corrected chi connectivity index (χ2v) is 7.62. The minimum atomic E-state index is -0.593. The van der Waals surface area contributed by atoms with Crippen LogP contribution in [0.1, 0.15) is 12.8 Å². The van der Waals surface area contributed by atoms with E-state index in [9.17, 15) is 9.90 Å². The van der Waals surface area contributed by atoms with Crippen LogP contribution in [0.25, 0.3) is 0 Å². The van der Waals surface area contributed by atoms with Crippen molar-refractivity contribution in [3.63, 3.8) is 0 Å². The molecule has 0 saturated carbocycles. The first-order valence-electron chi connectivity index (χ1n) is 9.78. The van der Waals surface area contributed by atoms with Crippen molar-refractivity contribution < 1.29 is 19.4 Å². The zero-order valence-corrected chi connectivity index (χ0v) is 17.3. The highest BCUT2D eigenvalue weighted by molar-refractivity contribution is 6.30. The molecule has 2 aromatic carbocycles. The minimum absolute atomic E-state index is 0.0146. The van der Waals surface area contributed by atoms with Gasteiger partial charge in [-0.15, -0.1) is 0 Å². The first kappa shape index (κ1) is 21.4. The average Bonchev–Trinajstić information content (AvgIpc) is 2.74. The topological polar surface area (TPSA) is 71.0 Å².